The van der Waals surface area contributed by atoms with E-state index in [1.807, 2.05) is 30.4 Å². The minimum absolute atomic E-state index is 0.225. The number of ether oxygens (including phenoxy) is 4. The highest BCUT2D eigenvalue weighted by Gasteiger charge is 2.44. The average molecular weight is 765 g/mol. The average Bonchev–Trinajstić information content (AvgIpc) is 3.17. The maximum atomic E-state index is 12.7. The third kappa shape index (κ3) is 26.5. The lowest BCUT2D eigenvalue weighted by Crippen LogP contribution is -2.59. The Kier molecular flexibility index (Phi) is 32.3. The molecular formula is C44H76O10. The summed E-state index contributed by atoms with van der Waals surface area (Å²) < 4.78 is 22.1. The Bertz CT molecular complexity index is 1020. The zero-order valence-corrected chi connectivity index (χ0v) is 33.7. The van der Waals surface area contributed by atoms with E-state index in [0.717, 1.165) is 57.8 Å². The first-order valence-corrected chi connectivity index (χ1v) is 21.3. The lowest BCUT2D eigenvalue weighted by atomic mass is 9.99. The molecule has 1 heterocycles. The Balaban J connectivity index is 2.37. The number of rotatable bonds is 34. The Morgan fingerprint density at radius 1 is 0.593 bits per heavy atom. The van der Waals surface area contributed by atoms with Crippen LogP contribution in [-0.4, -0.2) is 89.0 Å². The van der Waals surface area contributed by atoms with Crippen LogP contribution in [0.25, 0.3) is 0 Å². The fraction of sp³-hybridized carbons (Fsp3) is 0.773. The normalized spacial score (nSPS) is 21.2. The SMILES string of the molecule is CC/C=C/C=C/C=C/C=C/CCCCCCCC(=O)OC[C@@H](CO[C@H]1O[C@@H](CO)[C@@H](O)C(O)C1O)OC(=O)CCCCCCCCCCCCCCCC. The van der Waals surface area contributed by atoms with Gasteiger partial charge in [0.05, 0.1) is 13.2 Å². The second-order valence-corrected chi connectivity index (χ2v) is 14.5. The quantitative estimate of drug-likeness (QED) is 0.0285. The molecule has 2 unspecified atom stereocenters. The van der Waals surface area contributed by atoms with E-state index >= 15 is 0 Å². The zero-order valence-electron chi connectivity index (χ0n) is 33.7. The fourth-order valence-corrected chi connectivity index (χ4v) is 6.20. The molecule has 0 bridgehead atoms. The van der Waals surface area contributed by atoms with Crippen LogP contribution in [-0.2, 0) is 28.5 Å². The van der Waals surface area contributed by atoms with Gasteiger partial charge in [-0.15, -0.1) is 0 Å². The van der Waals surface area contributed by atoms with Gasteiger partial charge in [-0.05, 0) is 32.1 Å². The molecule has 0 saturated carbocycles. The molecule has 10 heteroatoms. The molecular weight excluding hydrogens is 688 g/mol. The van der Waals surface area contributed by atoms with Crippen LogP contribution >= 0.6 is 0 Å². The molecule has 6 atom stereocenters. The van der Waals surface area contributed by atoms with Crippen molar-refractivity contribution in [3.63, 3.8) is 0 Å². The van der Waals surface area contributed by atoms with Crippen LogP contribution in [0.5, 0.6) is 0 Å². The number of esters is 2. The molecule has 0 spiro atoms. The summed E-state index contributed by atoms with van der Waals surface area (Å²) in [5, 5.41) is 40.0. The minimum atomic E-state index is -1.60. The third-order valence-electron chi connectivity index (χ3n) is 9.57. The summed E-state index contributed by atoms with van der Waals surface area (Å²) in [5.41, 5.74) is 0. The number of unbranched alkanes of at least 4 members (excludes halogenated alkanes) is 18. The van der Waals surface area contributed by atoms with Crippen LogP contribution in [0.4, 0.5) is 0 Å². The molecule has 0 aromatic rings. The van der Waals surface area contributed by atoms with Gasteiger partial charge in [0.1, 0.15) is 31.0 Å². The van der Waals surface area contributed by atoms with Crippen molar-refractivity contribution in [2.24, 2.45) is 0 Å². The van der Waals surface area contributed by atoms with Crippen LogP contribution in [0.2, 0.25) is 0 Å². The second kappa shape index (κ2) is 35.1. The highest BCUT2D eigenvalue weighted by Crippen LogP contribution is 2.22. The monoisotopic (exact) mass is 765 g/mol. The van der Waals surface area contributed by atoms with E-state index < -0.39 is 55.4 Å². The van der Waals surface area contributed by atoms with Gasteiger partial charge in [-0.1, -0.05) is 165 Å². The summed E-state index contributed by atoms with van der Waals surface area (Å²) in [6.07, 6.45) is 32.6. The lowest BCUT2D eigenvalue weighted by molar-refractivity contribution is -0.305. The number of hydrogen-bond acceptors (Lipinski definition) is 10. The molecule has 54 heavy (non-hydrogen) atoms. The Morgan fingerprint density at radius 2 is 1.09 bits per heavy atom. The molecule has 0 aromatic heterocycles. The number of allylic oxidation sites excluding steroid dienone is 8. The summed E-state index contributed by atoms with van der Waals surface area (Å²) in [5.74, 6) is -0.834. The van der Waals surface area contributed by atoms with E-state index in [9.17, 15) is 30.0 Å². The van der Waals surface area contributed by atoms with Crippen molar-refractivity contribution in [1.29, 1.82) is 0 Å². The maximum absolute atomic E-state index is 12.7. The van der Waals surface area contributed by atoms with E-state index in [1.54, 1.807) is 0 Å². The van der Waals surface area contributed by atoms with Crippen molar-refractivity contribution < 1.29 is 49.0 Å². The number of aliphatic hydroxyl groups is 4. The summed E-state index contributed by atoms with van der Waals surface area (Å²) in [4.78, 5) is 25.3. The number of carbonyl (C=O) groups excluding carboxylic acids is 2. The van der Waals surface area contributed by atoms with Crippen LogP contribution in [0, 0.1) is 0 Å². The largest absolute Gasteiger partial charge is 0.462 e. The molecule has 1 aliphatic rings. The van der Waals surface area contributed by atoms with Crippen molar-refractivity contribution in [2.75, 3.05) is 19.8 Å². The lowest BCUT2D eigenvalue weighted by Gasteiger charge is -2.39. The van der Waals surface area contributed by atoms with E-state index in [-0.39, 0.29) is 26.1 Å². The topological polar surface area (TPSA) is 152 Å². The van der Waals surface area contributed by atoms with Gasteiger partial charge in [-0.25, -0.2) is 0 Å². The van der Waals surface area contributed by atoms with Crippen molar-refractivity contribution in [2.45, 2.75) is 198 Å². The summed E-state index contributed by atoms with van der Waals surface area (Å²) in [6.45, 7) is 3.25. The molecule has 0 radical (unpaired) electrons. The third-order valence-corrected chi connectivity index (χ3v) is 9.57. The second-order valence-electron chi connectivity index (χ2n) is 14.5. The van der Waals surface area contributed by atoms with E-state index in [2.05, 4.69) is 32.1 Å². The van der Waals surface area contributed by atoms with Crippen molar-refractivity contribution in [3.8, 4) is 0 Å². The predicted molar refractivity (Wildman–Crippen MR) is 215 cm³/mol. The van der Waals surface area contributed by atoms with Crippen LogP contribution < -0.4 is 0 Å². The molecule has 0 aromatic carbocycles. The molecule has 312 valence electrons. The standard InChI is InChI=1S/C44H76O10/c1-3-5-7-9-11-13-15-17-19-21-22-24-26-28-30-32-39(46)51-35-37(36-52-44-43(50)42(49)41(48)38(34-45)54-44)53-40(47)33-31-29-27-25-23-20-18-16-14-12-10-8-6-4-2/h5,7,9,11,13,15,17,19,37-38,41-45,48-50H,3-4,6,8,10,12,14,16,18,20-36H2,1-2H3/b7-5+,11-9+,15-13+,19-17+/t37-,38-,41+,42?,43?,44-/m0/s1. The molecule has 1 saturated heterocycles. The number of hydrogen-bond donors (Lipinski definition) is 4. The first kappa shape index (κ1) is 49.7. The van der Waals surface area contributed by atoms with Gasteiger partial charge in [0.25, 0.3) is 0 Å². The minimum Gasteiger partial charge on any atom is -0.462 e. The Morgan fingerprint density at radius 3 is 1.65 bits per heavy atom. The molecule has 0 amide bonds. The molecule has 0 aliphatic carbocycles. The van der Waals surface area contributed by atoms with Crippen molar-refractivity contribution >= 4 is 11.9 Å². The Labute approximate surface area is 327 Å². The molecule has 10 nitrogen and oxygen atoms in total. The number of carbonyl (C=O) groups is 2. The van der Waals surface area contributed by atoms with Gasteiger partial charge in [0.2, 0.25) is 0 Å². The molecule has 4 N–H and O–H groups in total. The van der Waals surface area contributed by atoms with Crippen LogP contribution in [0.15, 0.2) is 48.6 Å². The highest BCUT2D eigenvalue weighted by atomic mass is 16.7. The molecule has 1 aliphatic heterocycles. The number of aliphatic hydroxyl groups excluding tert-OH is 4. The van der Waals surface area contributed by atoms with E-state index in [0.29, 0.717) is 12.8 Å². The van der Waals surface area contributed by atoms with Crippen LogP contribution in [0.1, 0.15) is 162 Å². The van der Waals surface area contributed by atoms with Crippen molar-refractivity contribution in [1.82, 2.24) is 0 Å². The summed E-state index contributed by atoms with van der Waals surface area (Å²) in [7, 11) is 0. The van der Waals surface area contributed by atoms with Gasteiger partial charge >= 0.3 is 11.9 Å². The first-order valence-electron chi connectivity index (χ1n) is 21.3. The molecule has 1 fully saturated rings. The smallest absolute Gasteiger partial charge is 0.306 e. The van der Waals surface area contributed by atoms with Crippen LogP contribution in [0.3, 0.4) is 0 Å². The van der Waals surface area contributed by atoms with E-state index in [4.69, 9.17) is 18.9 Å². The van der Waals surface area contributed by atoms with E-state index in [1.165, 1.54) is 64.2 Å². The predicted octanol–water partition coefficient (Wildman–Crippen LogP) is 8.49. The Hall–Kier alpha value is -2.34. The highest BCUT2D eigenvalue weighted by molar-refractivity contribution is 5.70. The summed E-state index contributed by atoms with van der Waals surface area (Å²) >= 11 is 0. The molecule has 1 rings (SSSR count). The first-order chi connectivity index (χ1) is 26.3. The fourth-order valence-electron chi connectivity index (χ4n) is 6.20. The summed E-state index contributed by atoms with van der Waals surface area (Å²) in [6, 6.07) is 0. The van der Waals surface area contributed by atoms with Crippen molar-refractivity contribution in [3.05, 3.63) is 48.6 Å². The van der Waals surface area contributed by atoms with Gasteiger partial charge in [-0.2, -0.15) is 0 Å². The van der Waals surface area contributed by atoms with Gasteiger partial charge in [-0.3, -0.25) is 9.59 Å². The maximum Gasteiger partial charge on any atom is 0.306 e. The van der Waals surface area contributed by atoms with Gasteiger partial charge in [0, 0.05) is 12.8 Å². The zero-order chi connectivity index (χ0) is 39.5. The van der Waals surface area contributed by atoms with Gasteiger partial charge in [0.15, 0.2) is 12.4 Å². The van der Waals surface area contributed by atoms with Gasteiger partial charge < -0.3 is 39.4 Å².